The van der Waals surface area contributed by atoms with Crippen LogP contribution in [0.5, 0.6) is 5.75 Å². The Morgan fingerprint density at radius 2 is 1.79 bits per heavy atom. The SMILES string of the molecule is Cc1ccc(C)c(OCC(=O)NNC(=O)c2cc(-c3ccc(F)cc3)nc3onc(C)c23)c1. The Morgan fingerprint density at radius 3 is 2.55 bits per heavy atom. The third-order valence-corrected chi connectivity index (χ3v) is 5.02. The average molecular weight is 448 g/mol. The van der Waals surface area contributed by atoms with E-state index in [0.29, 0.717) is 28.1 Å². The fourth-order valence-corrected chi connectivity index (χ4v) is 3.28. The summed E-state index contributed by atoms with van der Waals surface area (Å²) in [7, 11) is 0. The lowest BCUT2D eigenvalue weighted by molar-refractivity contribution is -0.123. The second kappa shape index (κ2) is 9.07. The number of halogens is 1. The second-order valence-corrected chi connectivity index (χ2v) is 7.57. The van der Waals surface area contributed by atoms with Crippen molar-refractivity contribution in [3.63, 3.8) is 0 Å². The van der Waals surface area contributed by atoms with Gasteiger partial charge >= 0.3 is 0 Å². The van der Waals surface area contributed by atoms with Crippen LogP contribution in [0.4, 0.5) is 4.39 Å². The molecule has 9 heteroatoms. The number of aromatic nitrogens is 2. The Labute approximate surface area is 188 Å². The fraction of sp³-hybridized carbons (Fsp3) is 0.167. The van der Waals surface area contributed by atoms with Crippen LogP contribution in [-0.2, 0) is 4.79 Å². The number of hydrazine groups is 1. The van der Waals surface area contributed by atoms with Gasteiger partial charge in [0.05, 0.1) is 22.3 Å². The normalized spacial score (nSPS) is 10.8. The van der Waals surface area contributed by atoms with Crippen LogP contribution in [0.15, 0.2) is 53.1 Å². The van der Waals surface area contributed by atoms with Gasteiger partial charge in [-0.25, -0.2) is 9.37 Å². The molecular formula is C24H21FN4O4. The fourth-order valence-electron chi connectivity index (χ4n) is 3.28. The van der Waals surface area contributed by atoms with E-state index < -0.39 is 11.8 Å². The van der Waals surface area contributed by atoms with Crippen molar-refractivity contribution in [2.24, 2.45) is 0 Å². The van der Waals surface area contributed by atoms with Crippen LogP contribution >= 0.6 is 0 Å². The van der Waals surface area contributed by atoms with Crippen LogP contribution in [-0.4, -0.2) is 28.6 Å². The van der Waals surface area contributed by atoms with Crippen molar-refractivity contribution in [2.75, 3.05) is 6.61 Å². The van der Waals surface area contributed by atoms with Crippen molar-refractivity contribution in [2.45, 2.75) is 20.8 Å². The first-order valence-corrected chi connectivity index (χ1v) is 10.1. The standard InChI is InChI=1S/C24H21FN4O4/c1-13-4-5-14(2)20(10-13)32-12-21(30)27-28-23(31)18-11-19(16-6-8-17(25)9-7-16)26-24-22(18)15(3)29-33-24/h4-11H,12H2,1-3H3,(H,27,30)(H,28,31). The number of carbonyl (C=O) groups excluding carboxylic acids is 2. The number of benzene rings is 2. The van der Waals surface area contributed by atoms with Crippen molar-refractivity contribution in [1.82, 2.24) is 21.0 Å². The molecule has 0 atom stereocenters. The predicted molar refractivity (Wildman–Crippen MR) is 119 cm³/mol. The molecule has 8 nitrogen and oxygen atoms in total. The molecule has 0 aliphatic rings. The molecule has 0 saturated heterocycles. The summed E-state index contributed by atoms with van der Waals surface area (Å²) in [5.74, 6) is -0.914. The molecule has 0 aliphatic carbocycles. The minimum atomic E-state index is -0.586. The van der Waals surface area contributed by atoms with E-state index in [9.17, 15) is 14.0 Å². The number of hydrogen-bond acceptors (Lipinski definition) is 6. The number of amides is 2. The highest BCUT2D eigenvalue weighted by atomic mass is 19.1. The number of nitrogens with zero attached hydrogens (tertiary/aromatic N) is 2. The maximum Gasteiger partial charge on any atom is 0.276 e. The van der Waals surface area contributed by atoms with E-state index >= 15 is 0 Å². The molecule has 4 rings (SSSR count). The molecular weight excluding hydrogens is 427 g/mol. The van der Waals surface area contributed by atoms with Crippen LogP contribution in [0.3, 0.4) is 0 Å². The lowest BCUT2D eigenvalue weighted by atomic mass is 10.1. The quantitative estimate of drug-likeness (QED) is 0.450. The van der Waals surface area contributed by atoms with Gasteiger partial charge in [0.25, 0.3) is 17.5 Å². The molecule has 33 heavy (non-hydrogen) atoms. The molecule has 0 bridgehead atoms. The van der Waals surface area contributed by atoms with Crippen molar-refractivity contribution >= 4 is 22.9 Å². The van der Waals surface area contributed by atoms with Gasteiger partial charge in [-0.3, -0.25) is 20.4 Å². The molecule has 2 heterocycles. The van der Waals surface area contributed by atoms with Crippen molar-refractivity contribution in [1.29, 1.82) is 0 Å². The Morgan fingerprint density at radius 1 is 1.03 bits per heavy atom. The monoisotopic (exact) mass is 448 g/mol. The maximum absolute atomic E-state index is 13.3. The Kier molecular flexibility index (Phi) is 6.03. The van der Waals surface area contributed by atoms with Gasteiger partial charge in [0.2, 0.25) is 0 Å². The Hall–Kier alpha value is -4.27. The molecule has 2 aromatic carbocycles. The molecule has 2 N–H and O–H groups in total. The molecule has 0 radical (unpaired) electrons. The zero-order valence-electron chi connectivity index (χ0n) is 18.2. The zero-order valence-corrected chi connectivity index (χ0v) is 18.2. The van der Waals surface area contributed by atoms with E-state index in [0.717, 1.165) is 11.1 Å². The van der Waals surface area contributed by atoms with Crippen LogP contribution in [0, 0.1) is 26.6 Å². The van der Waals surface area contributed by atoms with Crippen LogP contribution in [0.1, 0.15) is 27.2 Å². The highest BCUT2D eigenvalue weighted by molar-refractivity contribution is 6.07. The summed E-state index contributed by atoms with van der Waals surface area (Å²) in [5, 5.41) is 4.29. The number of nitrogens with one attached hydrogen (secondary N) is 2. The summed E-state index contributed by atoms with van der Waals surface area (Å²) in [5.41, 5.74) is 8.44. The van der Waals surface area contributed by atoms with Gasteiger partial charge in [-0.1, -0.05) is 17.3 Å². The number of aryl methyl sites for hydroxylation is 3. The molecule has 0 fully saturated rings. The lowest BCUT2D eigenvalue weighted by Gasteiger charge is -2.12. The number of pyridine rings is 1. The largest absolute Gasteiger partial charge is 0.483 e. The molecule has 4 aromatic rings. The third-order valence-electron chi connectivity index (χ3n) is 5.02. The second-order valence-electron chi connectivity index (χ2n) is 7.57. The summed E-state index contributed by atoms with van der Waals surface area (Å²) < 4.78 is 24.1. The zero-order chi connectivity index (χ0) is 23.5. The molecule has 0 unspecified atom stereocenters. The summed E-state index contributed by atoms with van der Waals surface area (Å²) in [6.07, 6.45) is 0. The summed E-state index contributed by atoms with van der Waals surface area (Å²) in [6.45, 7) is 5.21. The number of fused-ring (bicyclic) bond motifs is 1. The third kappa shape index (κ3) is 4.82. The van der Waals surface area contributed by atoms with E-state index in [4.69, 9.17) is 9.26 Å². The van der Waals surface area contributed by atoms with Gasteiger partial charge < -0.3 is 9.26 Å². The summed E-state index contributed by atoms with van der Waals surface area (Å²) >= 11 is 0. The van der Waals surface area contributed by atoms with Crippen molar-refractivity contribution < 1.29 is 23.2 Å². The Bertz CT molecular complexity index is 1350. The highest BCUT2D eigenvalue weighted by Crippen LogP contribution is 2.27. The summed E-state index contributed by atoms with van der Waals surface area (Å²) in [4.78, 5) is 29.5. The topological polar surface area (TPSA) is 106 Å². The molecule has 168 valence electrons. The van der Waals surface area contributed by atoms with E-state index in [1.165, 1.54) is 18.2 Å². The highest BCUT2D eigenvalue weighted by Gasteiger charge is 2.20. The number of hydrogen-bond donors (Lipinski definition) is 2. The molecule has 2 aromatic heterocycles. The first-order valence-electron chi connectivity index (χ1n) is 10.1. The minimum absolute atomic E-state index is 0.157. The lowest BCUT2D eigenvalue weighted by Crippen LogP contribution is -2.44. The van der Waals surface area contributed by atoms with Gasteiger partial charge in [-0.15, -0.1) is 0 Å². The summed E-state index contributed by atoms with van der Waals surface area (Å²) in [6, 6.07) is 12.9. The average Bonchev–Trinajstić information content (AvgIpc) is 3.18. The van der Waals surface area contributed by atoms with Gasteiger partial charge in [0.15, 0.2) is 6.61 Å². The van der Waals surface area contributed by atoms with E-state index in [2.05, 4.69) is 21.0 Å². The van der Waals surface area contributed by atoms with Gasteiger partial charge in [0, 0.05) is 5.56 Å². The van der Waals surface area contributed by atoms with Gasteiger partial charge in [0.1, 0.15) is 11.6 Å². The van der Waals surface area contributed by atoms with E-state index in [1.807, 2.05) is 32.0 Å². The minimum Gasteiger partial charge on any atom is -0.483 e. The number of carbonyl (C=O) groups is 2. The molecule has 0 saturated carbocycles. The van der Waals surface area contributed by atoms with Crippen molar-refractivity contribution in [3.05, 3.63) is 76.7 Å². The van der Waals surface area contributed by atoms with Crippen molar-refractivity contribution in [3.8, 4) is 17.0 Å². The maximum atomic E-state index is 13.3. The number of ether oxygens (including phenoxy) is 1. The first kappa shape index (κ1) is 21.9. The van der Waals surface area contributed by atoms with Gasteiger partial charge in [-0.05, 0) is 68.3 Å². The Balaban J connectivity index is 1.50. The van der Waals surface area contributed by atoms with E-state index in [-0.39, 0.29) is 23.7 Å². The molecule has 2 amide bonds. The molecule has 0 aliphatic heterocycles. The van der Waals surface area contributed by atoms with Crippen LogP contribution in [0.2, 0.25) is 0 Å². The van der Waals surface area contributed by atoms with Gasteiger partial charge in [-0.2, -0.15) is 0 Å². The van der Waals surface area contributed by atoms with Crippen LogP contribution < -0.4 is 15.6 Å². The first-order chi connectivity index (χ1) is 15.8. The predicted octanol–water partition coefficient (Wildman–Crippen LogP) is 3.79. The van der Waals surface area contributed by atoms with E-state index in [1.54, 1.807) is 19.1 Å². The van der Waals surface area contributed by atoms with Crippen LogP contribution in [0.25, 0.3) is 22.4 Å². The number of rotatable bonds is 5. The molecule has 0 spiro atoms. The smallest absolute Gasteiger partial charge is 0.276 e.